The third kappa shape index (κ3) is 3.52. The number of aromatic nitrogens is 3. The highest BCUT2D eigenvalue weighted by Crippen LogP contribution is 2.29. The molecule has 0 spiro atoms. The molecule has 1 aliphatic heterocycles. The van der Waals surface area contributed by atoms with E-state index >= 15 is 0 Å². The largest absolute Gasteiger partial charge is 0.342 e. The van der Waals surface area contributed by atoms with Gasteiger partial charge in [-0.3, -0.25) is 4.79 Å². The van der Waals surface area contributed by atoms with Crippen molar-refractivity contribution in [3.05, 3.63) is 29.3 Å². The fourth-order valence-corrected chi connectivity index (χ4v) is 4.86. The van der Waals surface area contributed by atoms with Crippen LogP contribution in [0.15, 0.2) is 23.4 Å². The number of hydrogen-bond donors (Lipinski definition) is 0. The molecule has 1 fully saturated rings. The first-order valence-corrected chi connectivity index (χ1v) is 10.7. The van der Waals surface area contributed by atoms with E-state index in [0.717, 1.165) is 55.4 Å². The van der Waals surface area contributed by atoms with E-state index in [2.05, 4.69) is 39.9 Å². The average molecular weight is 371 g/mol. The monoisotopic (exact) mass is 370 g/mol. The summed E-state index contributed by atoms with van der Waals surface area (Å²) in [7, 11) is 0. The van der Waals surface area contributed by atoms with Crippen molar-refractivity contribution in [1.29, 1.82) is 0 Å². The van der Waals surface area contributed by atoms with E-state index in [4.69, 9.17) is 0 Å². The van der Waals surface area contributed by atoms with Crippen LogP contribution in [0.1, 0.15) is 43.7 Å². The zero-order valence-corrected chi connectivity index (χ0v) is 16.2. The van der Waals surface area contributed by atoms with Gasteiger partial charge in [-0.25, -0.2) is 0 Å². The van der Waals surface area contributed by atoms with Crippen molar-refractivity contribution in [1.82, 2.24) is 19.7 Å². The van der Waals surface area contributed by atoms with Crippen molar-refractivity contribution >= 4 is 17.7 Å². The van der Waals surface area contributed by atoms with Gasteiger partial charge in [0, 0.05) is 25.2 Å². The third-order valence-electron chi connectivity index (χ3n) is 5.42. The second-order valence-corrected chi connectivity index (χ2v) is 8.06. The quantitative estimate of drug-likeness (QED) is 0.755. The summed E-state index contributed by atoms with van der Waals surface area (Å²) < 4.78 is 2.13. The number of aryl methyl sites for hydroxylation is 2. The van der Waals surface area contributed by atoms with Crippen LogP contribution in [0, 0.1) is 0 Å². The Morgan fingerprint density at radius 1 is 1.08 bits per heavy atom. The minimum absolute atomic E-state index is 0.216. The molecule has 0 bridgehead atoms. The van der Waals surface area contributed by atoms with Gasteiger partial charge >= 0.3 is 0 Å². The van der Waals surface area contributed by atoms with Crippen LogP contribution >= 0.6 is 11.8 Å². The summed E-state index contributed by atoms with van der Waals surface area (Å²) in [5, 5.41) is 9.67. The Labute approximate surface area is 159 Å². The number of carbonyl (C=O) groups excluding carboxylic acids is 1. The number of rotatable bonds is 5. The third-order valence-corrected chi connectivity index (χ3v) is 6.37. The van der Waals surface area contributed by atoms with E-state index in [-0.39, 0.29) is 5.91 Å². The Morgan fingerprint density at radius 3 is 2.62 bits per heavy atom. The highest BCUT2D eigenvalue weighted by atomic mass is 32.2. The van der Waals surface area contributed by atoms with E-state index in [9.17, 15) is 4.79 Å². The molecule has 1 aromatic heterocycles. The molecule has 6 heteroatoms. The molecule has 0 saturated carbocycles. The maximum absolute atomic E-state index is 12.3. The van der Waals surface area contributed by atoms with Crippen molar-refractivity contribution in [2.75, 3.05) is 18.8 Å². The Balaban J connectivity index is 1.52. The summed E-state index contributed by atoms with van der Waals surface area (Å²) in [6.45, 7) is 4.72. The first-order valence-electron chi connectivity index (χ1n) is 9.72. The summed E-state index contributed by atoms with van der Waals surface area (Å²) >= 11 is 1.51. The Hall–Kier alpha value is -1.82. The van der Waals surface area contributed by atoms with Crippen LogP contribution < -0.4 is 0 Å². The zero-order valence-electron chi connectivity index (χ0n) is 15.4. The fraction of sp³-hybridized carbons (Fsp3) is 0.550. The van der Waals surface area contributed by atoms with Gasteiger partial charge in [0.2, 0.25) is 5.91 Å². The number of amides is 1. The van der Waals surface area contributed by atoms with Gasteiger partial charge in [-0.05, 0) is 62.6 Å². The average Bonchev–Trinajstić information content (AvgIpc) is 3.35. The molecule has 138 valence electrons. The summed E-state index contributed by atoms with van der Waals surface area (Å²) in [6.07, 6.45) is 7.18. The molecule has 1 aromatic carbocycles. The van der Waals surface area contributed by atoms with Gasteiger partial charge < -0.3 is 9.47 Å². The van der Waals surface area contributed by atoms with Crippen molar-refractivity contribution in [2.24, 2.45) is 0 Å². The molecule has 2 aliphatic rings. The Kier molecular flexibility index (Phi) is 5.29. The summed E-state index contributed by atoms with van der Waals surface area (Å²) in [4.78, 5) is 14.3. The number of fused-ring (bicyclic) bond motifs is 1. The number of likely N-dealkylation sites (tertiary alicyclic amines) is 1. The van der Waals surface area contributed by atoms with E-state index in [1.54, 1.807) is 0 Å². The topological polar surface area (TPSA) is 51.0 Å². The minimum Gasteiger partial charge on any atom is -0.342 e. The predicted molar refractivity (Wildman–Crippen MR) is 104 cm³/mol. The summed E-state index contributed by atoms with van der Waals surface area (Å²) in [6, 6.07) is 6.71. The van der Waals surface area contributed by atoms with Crippen molar-refractivity contribution in [3.8, 4) is 11.4 Å². The van der Waals surface area contributed by atoms with E-state index < -0.39 is 0 Å². The predicted octanol–water partition coefficient (Wildman–Crippen LogP) is 3.56. The summed E-state index contributed by atoms with van der Waals surface area (Å²) in [5.41, 5.74) is 4.07. The minimum atomic E-state index is 0.216. The number of thioether (sulfide) groups is 1. The standard InChI is InChI=1S/C20H26N4OS/c1-2-24-19(17-10-9-15-7-3-4-8-16(15)13-17)21-22-20(24)26-14-18(25)23-11-5-6-12-23/h9-10,13H,2-8,11-12,14H2,1H3. The fourth-order valence-electron chi connectivity index (χ4n) is 3.95. The van der Waals surface area contributed by atoms with Gasteiger partial charge in [-0.15, -0.1) is 10.2 Å². The van der Waals surface area contributed by atoms with Crippen LogP contribution in [0.25, 0.3) is 11.4 Å². The van der Waals surface area contributed by atoms with E-state index in [1.807, 2.05) is 4.90 Å². The molecule has 0 radical (unpaired) electrons. The van der Waals surface area contributed by atoms with E-state index in [1.165, 1.54) is 42.2 Å². The molecule has 1 saturated heterocycles. The number of benzene rings is 1. The molecule has 4 rings (SSSR count). The smallest absolute Gasteiger partial charge is 0.233 e. The van der Waals surface area contributed by atoms with Crippen LogP contribution in [0.4, 0.5) is 0 Å². The van der Waals surface area contributed by atoms with Crippen molar-refractivity contribution < 1.29 is 4.79 Å². The number of hydrogen-bond acceptors (Lipinski definition) is 4. The maximum Gasteiger partial charge on any atom is 0.233 e. The molecular weight excluding hydrogens is 344 g/mol. The van der Waals surface area contributed by atoms with Gasteiger partial charge in [0.1, 0.15) is 0 Å². The van der Waals surface area contributed by atoms with Gasteiger partial charge in [-0.1, -0.05) is 23.9 Å². The molecule has 1 amide bonds. The van der Waals surface area contributed by atoms with Gasteiger partial charge in [0.25, 0.3) is 0 Å². The van der Waals surface area contributed by atoms with Crippen LogP contribution in [-0.2, 0) is 24.2 Å². The molecular formula is C20H26N4OS. The highest BCUT2D eigenvalue weighted by molar-refractivity contribution is 7.99. The van der Waals surface area contributed by atoms with Gasteiger partial charge in [0.05, 0.1) is 5.75 Å². The summed E-state index contributed by atoms with van der Waals surface area (Å²) in [5.74, 6) is 1.58. The second-order valence-electron chi connectivity index (χ2n) is 7.12. The molecule has 1 aliphatic carbocycles. The van der Waals surface area contributed by atoms with Gasteiger partial charge in [-0.2, -0.15) is 0 Å². The lowest BCUT2D eigenvalue weighted by Crippen LogP contribution is -2.29. The first kappa shape index (κ1) is 17.6. The molecule has 0 N–H and O–H groups in total. The lowest BCUT2D eigenvalue weighted by Gasteiger charge is -2.17. The molecule has 0 atom stereocenters. The highest BCUT2D eigenvalue weighted by Gasteiger charge is 2.20. The normalized spacial score (nSPS) is 16.7. The number of nitrogens with zero attached hydrogens (tertiary/aromatic N) is 4. The SMILES string of the molecule is CCn1c(SCC(=O)N2CCCC2)nnc1-c1ccc2c(c1)CCCC2. The molecule has 2 heterocycles. The first-order chi connectivity index (χ1) is 12.8. The maximum atomic E-state index is 12.3. The molecule has 5 nitrogen and oxygen atoms in total. The number of carbonyl (C=O) groups is 1. The molecule has 0 unspecified atom stereocenters. The zero-order chi connectivity index (χ0) is 17.9. The Bertz CT molecular complexity index is 795. The van der Waals surface area contributed by atoms with Crippen LogP contribution in [0.5, 0.6) is 0 Å². The van der Waals surface area contributed by atoms with Gasteiger partial charge in [0.15, 0.2) is 11.0 Å². The molecule has 26 heavy (non-hydrogen) atoms. The lowest BCUT2D eigenvalue weighted by molar-refractivity contribution is -0.127. The van der Waals surface area contributed by atoms with Crippen LogP contribution in [0.2, 0.25) is 0 Å². The second kappa shape index (κ2) is 7.82. The lowest BCUT2D eigenvalue weighted by atomic mass is 9.90. The van der Waals surface area contributed by atoms with Crippen molar-refractivity contribution in [3.63, 3.8) is 0 Å². The van der Waals surface area contributed by atoms with Crippen LogP contribution in [0.3, 0.4) is 0 Å². The van der Waals surface area contributed by atoms with E-state index in [0.29, 0.717) is 5.75 Å². The Morgan fingerprint density at radius 2 is 1.85 bits per heavy atom. The van der Waals surface area contributed by atoms with Crippen molar-refractivity contribution in [2.45, 2.75) is 57.1 Å². The van der Waals surface area contributed by atoms with Crippen LogP contribution in [-0.4, -0.2) is 44.4 Å². The molecule has 2 aromatic rings.